The van der Waals surface area contributed by atoms with E-state index in [4.69, 9.17) is 27.9 Å². The number of hydrazone groups is 1. The van der Waals surface area contributed by atoms with Gasteiger partial charge in [-0.15, -0.1) is 0 Å². The molecule has 1 saturated carbocycles. The van der Waals surface area contributed by atoms with Gasteiger partial charge in [-0.05, 0) is 76.9 Å². The summed E-state index contributed by atoms with van der Waals surface area (Å²) in [6.45, 7) is 6.56. The van der Waals surface area contributed by atoms with Crippen molar-refractivity contribution >= 4 is 41.3 Å². The van der Waals surface area contributed by atoms with E-state index in [9.17, 15) is 9.59 Å². The number of hydrogen-bond donors (Lipinski definition) is 1. The highest BCUT2D eigenvalue weighted by molar-refractivity contribution is 6.36. The van der Waals surface area contributed by atoms with Gasteiger partial charge in [0, 0.05) is 10.9 Å². The molecule has 2 atom stereocenters. The van der Waals surface area contributed by atoms with Crippen LogP contribution in [0.5, 0.6) is 5.75 Å². The van der Waals surface area contributed by atoms with E-state index in [-0.39, 0.29) is 33.7 Å². The van der Waals surface area contributed by atoms with Gasteiger partial charge in [0.15, 0.2) is 0 Å². The molecule has 180 valence electrons. The van der Waals surface area contributed by atoms with E-state index in [1.807, 2.05) is 0 Å². The molecule has 1 amide bonds. The minimum atomic E-state index is -0.576. The maximum atomic E-state index is 12.5. The second-order valence-corrected chi connectivity index (χ2v) is 10.5. The first-order chi connectivity index (χ1) is 16.6. The number of carbonyl (C=O) groups is 2. The molecule has 0 saturated heterocycles. The lowest BCUT2D eigenvalue weighted by Crippen LogP contribution is -2.20. The molecule has 3 aromatic carbocycles. The van der Waals surface area contributed by atoms with E-state index in [1.54, 1.807) is 36.5 Å². The highest BCUT2D eigenvalue weighted by atomic mass is 35.5. The van der Waals surface area contributed by atoms with Crippen molar-refractivity contribution in [3.8, 4) is 5.75 Å². The molecule has 0 bridgehead atoms. The molecule has 0 unspecified atom stereocenters. The number of halogens is 2. The fraction of sp³-hybridized carbons (Fsp3) is 0.250. The summed E-state index contributed by atoms with van der Waals surface area (Å²) >= 11 is 11.9. The molecule has 5 nitrogen and oxygen atoms in total. The zero-order valence-corrected chi connectivity index (χ0v) is 21.2. The molecule has 0 aromatic heterocycles. The van der Waals surface area contributed by atoms with Crippen molar-refractivity contribution in [1.82, 2.24) is 5.43 Å². The van der Waals surface area contributed by atoms with Crippen molar-refractivity contribution in [2.24, 2.45) is 11.0 Å². The number of nitrogens with one attached hydrogen (secondary N) is 1. The lowest BCUT2D eigenvalue weighted by molar-refractivity contribution is -0.122. The van der Waals surface area contributed by atoms with Crippen LogP contribution in [0.2, 0.25) is 10.0 Å². The largest absolute Gasteiger partial charge is 0.423 e. The van der Waals surface area contributed by atoms with Gasteiger partial charge in [0.2, 0.25) is 5.91 Å². The third-order valence-electron chi connectivity index (χ3n) is 5.96. The van der Waals surface area contributed by atoms with Crippen LogP contribution >= 0.6 is 23.2 Å². The Bertz CT molecular complexity index is 1260. The van der Waals surface area contributed by atoms with Crippen LogP contribution in [-0.2, 0) is 10.2 Å². The van der Waals surface area contributed by atoms with Crippen molar-refractivity contribution in [3.05, 3.63) is 99.0 Å². The minimum absolute atomic E-state index is 0.0610. The van der Waals surface area contributed by atoms with Crippen LogP contribution in [-0.4, -0.2) is 18.1 Å². The minimum Gasteiger partial charge on any atom is -0.423 e. The predicted octanol–water partition coefficient (Wildman–Crippen LogP) is 6.76. The average Bonchev–Trinajstić information content (AvgIpc) is 3.61. The Kier molecular flexibility index (Phi) is 7.29. The molecular weight excluding hydrogens is 483 g/mol. The van der Waals surface area contributed by atoms with Gasteiger partial charge >= 0.3 is 5.97 Å². The van der Waals surface area contributed by atoms with Gasteiger partial charge in [-0.1, -0.05) is 68.2 Å². The van der Waals surface area contributed by atoms with Gasteiger partial charge in [0.05, 0.1) is 16.8 Å². The first-order valence-corrected chi connectivity index (χ1v) is 12.1. The maximum absolute atomic E-state index is 12.5. The third-order valence-corrected chi connectivity index (χ3v) is 6.51. The van der Waals surface area contributed by atoms with Crippen LogP contribution in [0, 0.1) is 5.92 Å². The van der Waals surface area contributed by atoms with Gasteiger partial charge in [-0.2, -0.15) is 5.10 Å². The number of amides is 1. The zero-order chi connectivity index (χ0) is 25.2. The van der Waals surface area contributed by atoms with Crippen molar-refractivity contribution in [2.75, 3.05) is 0 Å². The topological polar surface area (TPSA) is 67.8 Å². The summed E-state index contributed by atoms with van der Waals surface area (Å²) < 4.78 is 5.36. The first-order valence-electron chi connectivity index (χ1n) is 11.3. The fourth-order valence-electron chi connectivity index (χ4n) is 3.78. The van der Waals surface area contributed by atoms with Crippen LogP contribution in [0.1, 0.15) is 60.2 Å². The first kappa shape index (κ1) is 25.0. The number of benzene rings is 3. The lowest BCUT2D eigenvalue weighted by Gasteiger charge is -2.19. The fourth-order valence-corrected chi connectivity index (χ4v) is 4.26. The summed E-state index contributed by atoms with van der Waals surface area (Å²) in [4.78, 5) is 24.8. The summed E-state index contributed by atoms with van der Waals surface area (Å²) in [5.41, 5.74) is 6.18. The summed E-state index contributed by atoms with van der Waals surface area (Å²) in [7, 11) is 0. The molecular formula is C28H26Cl2N2O3. The molecule has 0 spiro atoms. The summed E-state index contributed by atoms with van der Waals surface area (Å²) in [5.74, 6) is -0.124. The molecule has 0 aliphatic heterocycles. The smallest absolute Gasteiger partial charge is 0.345 e. The molecule has 4 rings (SSSR count). The van der Waals surface area contributed by atoms with Gasteiger partial charge in [0.25, 0.3) is 0 Å². The maximum Gasteiger partial charge on any atom is 0.345 e. The number of esters is 1. The van der Waals surface area contributed by atoms with Gasteiger partial charge < -0.3 is 4.74 Å². The van der Waals surface area contributed by atoms with Gasteiger partial charge in [0.1, 0.15) is 5.75 Å². The van der Waals surface area contributed by atoms with E-state index < -0.39 is 5.97 Å². The summed E-state index contributed by atoms with van der Waals surface area (Å²) in [6.07, 6.45) is 2.38. The second-order valence-electron chi connectivity index (χ2n) is 9.64. The Balaban J connectivity index is 1.27. The van der Waals surface area contributed by atoms with Crippen molar-refractivity contribution in [1.29, 1.82) is 0 Å². The van der Waals surface area contributed by atoms with E-state index >= 15 is 0 Å². The standard InChI is InChI=1S/C28H26Cl2N2O3/c1-28(2,3)19-8-6-18(7-9-19)23-15-24(23)26(33)32-31-16-17-4-11-21(12-5-17)35-27(34)22-13-10-20(29)14-25(22)30/h4-14,16,23-24H,15H2,1-3H3,(H,32,33)/b31-16+/t23-,24-/m0/s1. The van der Waals surface area contributed by atoms with Crippen molar-refractivity contribution in [2.45, 2.75) is 38.5 Å². The van der Waals surface area contributed by atoms with Crippen LogP contribution in [0.4, 0.5) is 0 Å². The number of carbonyl (C=O) groups excluding carboxylic acids is 2. The number of hydrogen-bond acceptors (Lipinski definition) is 4. The lowest BCUT2D eigenvalue weighted by atomic mass is 9.86. The molecule has 0 radical (unpaired) electrons. The molecule has 0 heterocycles. The van der Waals surface area contributed by atoms with E-state index in [0.29, 0.717) is 10.8 Å². The molecule has 1 N–H and O–H groups in total. The van der Waals surface area contributed by atoms with Crippen LogP contribution in [0.3, 0.4) is 0 Å². The second kappa shape index (κ2) is 10.2. The number of ether oxygens (including phenoxy) is 1. The zero-order valence-electron chi connectivity index (χ0n) is 19.7. The Morgan fingerprint density at radius 1 is 1.00 bits per heavy atom. The molecule has 3 aromatic rings. The SMILES string of the molecule is CC(C)(C)c1ccc([C@@H]2C[C@@H]2C(=O)N/N=C/c2ccc(OC(=O)c3ccc(Cl)cc3Cl)cc2)cc1. The third kappa shape index (κ3) is 6.30. The van der Waals surface area contributed by atoms with Gasteiger partial charge in [-0.25, -0.2) is 10.2 Å². The molecule has 1 fully saturated rings. The van der Waals surface area contributed by atoms with Crippen molar-refractivity contribution in [3.63, 3.8) is 0 Å². The normalized spacial score (nSPS) is 17.3. The van der Waals surface area contributed by atoms with E-state index in [1.165, 1.54) is 23.3 Å². The summed E-state index contributed by atoms with van der Waals surface area (Å²) in [6, 6.07) is 19.9. The van der Waals surface area contributed by atoms with Crippen LogP contribution in [0.25, 0.3) is 0 Å². The van der Waals surface area contributed by atoms with Crippen molar-refractivity contribution < 1.29 is 14.3 Å². The van der Waals surface area contributed by atoms with Crippen LogP contribution in [0.15, 0.2) is 71.8 Å². The highest BCUT2D eigenvalue weighted by Crippen LogP contribution is 2.47. The summed E-state index contributed by atoms with van der Waals surface area (Å²) in [5, 5.41) is 4.74. The van der Waals surface area contributed by atoms with E-state index in [2.05, 4.69) is 55.6 Å². The predicted molar refractivity (Wildman–Crippen MR) is 140 cm³/mol. The molecule has 35 heavy (non-hydrogen) atoms. The quantitative estimate of drug-likeness (QED) is 0.173. The molecule has 7 heteroatoms. The van der Waals surface area contributed by atoms with E-state index in [0.717, 1.165) is 12.0 Å². The Hall–Kier alpha value is -3.15. The Labute approximate surface area is 215 Å². The number of nitrogens with zero attached hydrogens (tertiary/aromatic N) is 1. The number of rotatable bonds is 6. The monoisotopic (exact) mass is 508 g/mol. The average molecular weight is 509 g/mol. The molecule has 1 aliphatic rings. The highest BCUT2D eigenvalue weighted by Gasteiger charge is 2.44. The van der Waals surface area contributed by atoms with Gasteiger partial charge in [-0.3, -0.25) is 4.79 Å². The Morgan fingerprint density at radius 2 is 1.69 bits per heavy atom. The molecule has 1 aliphatic carbocycles. The van der Waals surface area contributed by atoms with Crippen LogP contribution < -0.4 is 10.2 Å². The Morgan fingerprint density at radius 3 is 2.31 bits per heavy atom.